The van der Waals surface area contributed by atoms with Gasteiger partial charge in [0.2, 0.25) is 0 Å². The normalized spacial score (nSPS) is 48.6. The van der Waals surface area contributed by atoms with Crippen molar-refractivity contribution in [1.82, 2.24) is 0 Å². The maximum absolute atomic E-state index is 11.9. The standard InChI is InChI=1S/C10H14N2O2.2ClH/c11-9-2-5-1-6(8(9)14)3-10(12,4-9)7(5)13;;/h5-6H,1-4,11-12H2;2*1H. The molecule has 0 spiro atoms. The molecule has 4 fully saturated rings. The summed E-state index contributed by atoms with van der Waals surface area (Å²) in [4.78, 5) is 23.7. The van der Waals surface area contributed by atoms with Gasteiger partial charge in [0.05, 0.1) is 11.1 Å². The lowest BCUT2D eigenvalue weighted by molar-refractivity contribution is -0.155. The van der Waals surface area contributed by atoms with E-state index in [1.54, 1.807) is 0 Å². The molecular weight excluding hydrogens is 251 g/mol. The fourth-order valence-corrected chi connectivity index (χ4v) is 3.68. The summed E-state index contributed by atoms with van der Waals surface area (Å²) in [5.74, 6) is 0.190. The van der Waals surface area contributed by atoms with Crippen LogP contribution in [-0.4, -0.2) is 22.6 Å². The summed E-state index contributed by atoms with van der Waals surface area (Å²) < 4.78 is 0. The molecule has 6 heteroatoms. The highest BCUT2D eigenvalue weighted by Gasteiger charge is 2.64. The summed E-state index contributed by atoms with van der Waals surface area (Å²) in [6.45, 7) is 0. The Morgan fingerprint density at radius 1 is 0.938 bits per heavy atom. The van der Waals surface area contributed by atoms with Gasteiger partial charge in [-0.25, -0.2) is 0 Å². The number of halogens is 2. The van der Waals surface area contributed by atoms with Crippen LogP contribution >= 0.6 is 24.8 Å². The third-order valence-corrected chi connectivity index (χ3v) is 4.14. The number of Topliss-reactive ketones (excluding diaryl/α,β-unsaturated/α-hetero) is 2. The lowest BCUT2D eigenvalue weighted by atomic mass is 9.49. The maximum Gasteiger partial charge on any atom is 0.155 e. The van der Waals surface area contributed by atoms with E-state index < -0.39 is 11.1 Å². The van der Waals surface area contributed by atoms with Crippen LogP contribution in [-0.2, 0) is 9.59 Å². The van der Waals surface area contributed by atoms with Crippen molar-refractivity contribution in [3.8, 4) is 0 Å². The van der Waals surface area contributed by atoms with Crippen molar-refractivity contribution in [2.75, 3.05) is 0 Å². The zero-order chi connectivity index (χ0) is 10.1. The van der Waals surface area contributed by atoms with Crippen molar-refractivity contribution in [2.24, 2.45) is 23.3 Å². The highest BCUT2D eigenvalue weighted by Crippen LogP contribution is 2.51. The van der Waals surface area contributed by atoms with Gasteiger partial charge in [0, 0.05) is 11.8 Å². The van der Waals surface area contributed by atoms with Crippen molar-refractivity contribution in [3.63, 3.8) is 0 Å². The van der Waals surface area contributed by atoms with Gasteiger partial charge in [0.15, 0.2) is 11.6 Å². The van der Waals surface area contributed by atoms with Crippen LogP contribution < -0.4 is 11.5 Å². The summed E-state index contributed by atoms with van der Waals surface area (Å²) in [5.41, 5.74) is 10.5. The zero-order valence-corrected chi connectivity index (χ0v) is 10.4. The monoisotopic (exact) mass is 266 g/mol. The van der Waals surface area contributed by atoms with Crippen LogP contribution in [0.2, 0.25) is 0 Å². The molecule has 0 aromatic carbocycles. The third kappa shape index (κ3) is 1.44. The molecule has 4 rings (SSSR count). The molecule has 0 heterocycles. The van der Waals surface area contributed by atoms with Crippen LogP contribution in [0.3, 0.4) is 0 Å². The van der Waals surface area contributed by atoms with Gasteiger partial charge >= 0.3 is 0 Å². The van der Waals surface area contributed by atoms with Crippen LogP contribution in [0.25, 0.3) is 0 Å². The Labute approximate surface area is 106 Å². The molecule has 0 aromatic rings. The molecule has 0 aliphatic heterocycles. The van der Waals surface area contributed by atoms with Gasteiger partial charge in [0.1, 0.15) is 0 Å². The van der Waals surface area contributed by atoms with E-state index in [1.807, 2.05) is 0 Å². The fraction of sp³-hybridized carbons (Fsp3) is 0.800. The molecule has 0 amide bonds. The molecule has 4 bridgehead atoms. The molecule has 4 aliphatic carbocycles. The summed E-state index contributed by atoms with van der Waals surface area (Å²) >= 11 is 0. The number of ketones is 2. The number of hydrogen-bond acceptors (Lipinski definition) is 4. The molecule has 4 atom stereocenters. The molecule has 4 saturated carbocycles. The lowest BCUT2D eigenvalue weighted by Crippen LogP contribution is -2.74. The van der Waals surface area contributed by atoms with Crippen molar-refractivity contribution in [1.29, 1.82) is 0 Å². The van der Waals surface area contributed by atoms with Gasteiger partial charge in [-0.2, -0.15) is 0 Å². The quantitative estimate of drug-likeness (QED) is 0.656. The summed E-state index contributed by atoms with van der Waals surface area (Å²) in [5, 5.41) is 0. The van der Waals surface area contributed by atoms with Gasteiger partial charge in [-0.15, -0.1) is 24.8 Å². The molecule has 92 valence electrons. The minimum atomic E-state index is -0.783. The zero-order valence-electron chi connectivity index (χ0n) is 8.77. The van der Waals surface area contributed by atoms with Gasteiger partial charge < -0.3 is 11.5 Å². The van der Waals surface area contributed by atoms with Crippen molar-refractivity contribution in [2.45, 2.75) is 36.8 Å². The van der Waals surface area contributed by atoms with E-state index in [0.717, 1.165) is 0 Å². The van der Waals surface area contributed by atoms with Gasteiger partial charge in [-0.3, -0.25) is 9.59 Å². The highest BCUT2D eigenvalue weighted by atomic mass is 35.5. The van der Waals surface area contributed by atoms with E-state index >= 15 is 0 Å². The first kappa shape index (κ1) is 13.9. The molecule has 4 nitrogen and oxygen atoms in total. The smallest absolute Gasteiger partial charge is 0.155 e. The SMILES string of the molecule is Cl.Cl.NC12CC3CC(CC(N)(C1)C3=O)C2=O. The van der Waals surface area contributed by atoms with E-state index in [2.05, 4.69) is 0 Å². The van der Waals surface area contributed by atoms with Crippen molar-refractivity contribution < 1.29 is 9.59 Å². The topological polar surface area (TPSA) is 86.2 Å². The Kier molecular flexibility index (Phi) is 3.19. The van der Waals surface area contributed by atoms with Crippen LogP contribution in [0.15, 0.2) is 0 Å². The first-order valence-electron chi connectivity index (χ1n) is 5.11. The first-order chi connectivity index (χ1) is 6.45. The average molecular weight is 267 g/mol. The molecule has 4 aliphatic rings. The van der Waals surface area contributed by atoms with Crippen molar-refractivity contribution >= 4 is 36.4 Å². The van der Waals surface area contributed by atoms with Crippen LogP contribution in [0.1, 0.15) is 25.7 Å². The summed E-state index contributed by atoms with van der Waals surface area (Å²) in [6, 6.07) is 0. The maximum atomic E-state index is 11.9. The van der Waals surface area contributed by atoms with E-state index in [0.29, 0.717) is 25.7 Å². The molecule has 4 N–H and O–H groups in total. The minimum absolute atomic E-state index is 0. The lowest BCUT2D eigenvalue weighted by Gasteiger charge is -2.56. The molecular formula is C10H16Cl2N2O2. The Hall–Kier alpha value is -0.160. The minimum Gasteiger partial charge on any atom is -0.319 e. The van der Waals surface area contributed by atoms with Gasteiger partial charge in [-0.05, 0) is 25.7 Å². The largest absolute Gasteiger partial charge is 0.319 e. The van der Waals surface area contributed by atoms with Crippen LogP contribution in [0, 0.1) is 11.8 Å². The number of carbonyl (C=O) groups excluding carboxylic acids is 2. The van der Waals surface area contributed by atoms with Crippen molar-refractivity contribution in [3.05, 3.63) is 0 Å². The molecule has 16 heavy (non-hydrogen) atoms. The second-order valence-corrected chi connectivity index (χ2v) is 5.26. The predicted molar refractivity (Wildman–Crippen MR) is 63.8 cm³/mol. The third-order valence-electron chi connectivity index (χ3n) is 4.14. The van der Waals surface area contributed by atoms with Gasteiger partial charge in [-0.1, -0.05) is 0 Å². The van der Waals surface area contributed by atoms with E-state index in [9.17, 15) is 9.59 Å². The average Bonchev–Trinajstić information content (AvgIpc) is 2.06. The Morgan fingerprint density at radius 3 is 1.62 bits per heavy atom. The number of nitrogens with two attached hydrogens (primary N) is 2. The predicted octanol–water partition coefficient (Wildman–Crippen LogP) is 0.197. The summed E-state index contributed by atoms with van der Waals surface area (Å²) in [7, 11) is 0. The molecule has 0 radical (unpaired) electrons. The number of rotatable bonds is 0. The van der Waals surface area contributed by atoms with E-state index in [-0.39, 0.29) is 48.2 Å². The second kappa shape index (κ2) is 3.67. The highest BCUT2D eigenvalue weighted by molar-refractivity contribution is 6.03. The summed E-state index contributed by atoms with van der Waals surface area (Å²) in [6.07, 6.45) is 2.11. The Bertz CT molecular complexity index is 331. The van der Waals surface area contributed by atoms with Crippen LogP contribution in [0.5, 0.6) is 0 Å². The molecule has 4 unspecified atom stereocenters. The molecule has 0 saturated heterocycles. The van der Waals surface area contributed by atoms with Gasteiger partial charge in [0.25, 0.3) is 0 Å². The van der Waals surface area contributed by atoms with E-state index in [1.165, 1.54) is 0 Å². The fourth-order valence-electron chi connectivity index (χ4n) is 3.68. The number of carbonyl (C=O) groups is 2. The Balaban J connectivity index is 0.000000640. The van der Waals surface area contributed by atoms with E-state index in [4.69, 9.17) is 11.5 Å². The Morgan fingerprint density at radius 2 is 1.31 bits per heavy atom. The number of hydrogen-bond donors (Lipinski definition) is 2. The first-order valence-corrected chi connectivity index (χ1v) is 5.11. The molecule has 0 aromatic heterocycles. The second-order valence-electron chi connectivity index (χ2n) is 5.26. The van der Waals surface area contributed by atoms with Crippen LogP contribution in [0.4, 0.5) is 0 Å².